The van der Waals surface area contributed by atoms with Crippen molar-refractivity contribution in [3.05, 3.63) is 28.8 Å². The van der Waals surface area contributed by atoms with Crippen LogP contribution in [0.4, 0.5) is 5.69 Å². The average Bonchev–Trinajstić information content (AvgIpc) is 2.53. The highest BCUT2D eigenvalue weighted by Crippen LogP contribution is 2.38. The number of hydrogen-bond acceptors (Lipinski definition) is 3. The fourth-order valence-electron chi connectivity index (χ4n) is 2.91. The summed E-state index contributed by atoms with van der Waals surface area (Å²) in [6.45, 7) is 0.725. The van der Waals surface area contributed by atoms with Crippen LogP contribution in [0.15, 0.2) is 18.2 Å². The lowest BCUT2D eigenvalue weighted by molar-refractivity contribution is 0.0947. The van der Waals surface area contributed by atoms with Crippen molar-refractivity contribution >= 4 is 35.0 Å². The third-order valence-electron chi connectivity index (χ3n) is 4.26. The maximum atomic E-state index is 12.5. The van der Waals surface area contributed by atoms with E-state index in [1.807, 2.05) is 24.9 Å². The van der Waals surface area contributed by atoms with Crippen LogP contribution in [0.1, 0.15) is 42.5 Å². The molecule has 1 fully saturated rings. The maximum absolute atomic E-state index is 12.5. The second-order valence-corrected chi connectivity index (χ2v) is 7.28. The Hall–Kier alpha value is -0.870. The molecule has 0 unspecified atom stereocenters. The van der Waals surface area contributed by atoms with Crippen LogP contribution < -0.4 is 10.6 Å². The summed E-state index contributed by atoms with van der Waals surface area (Å²) in [6, 6.07) is 5.34. The Balaban J connectivity index is 2.06. The number of halogens is 1. The first-order valence-electron chi connectivity index (χ1n) is 7.41. The lowest BCUT2D eigenvalue weighted by atomic mass is 9.88. The Morgan fingerprint density at radius 3 is 2.67 bits per heavy atom. The molecule has 3 nitrogen and oxygen atoms in total. The molecule has 1 amide bonds. The van der Waals surface area contributed by atoms with Crippen LogP contribution >= 0.6 is 23.4 Å². The molecule has 0 spiro atoms. The molecule has 0 radical (unpaired) electrons. The molecule has 1 aromatic carbocycles. The van der Waals surface area contributed by atoms with Crippen LogP contribution in [0.25, 0.3) is 0 Å². The Bertz CT molecular complexity index is 501. The first-order valence-corrected chi connectivity index (χ1v) is 9.01. The molecule has 116 valence electrons. The molecule has 21 heavy (non-hydrogen) atoms. The molecule has 5 heteroatoms. The standard InChI is InChI=1S/C16H23ClN2OS/c1-18-14-7-6-12(17)10-13(14)15(20)19-11-16(21-2)8-4-3-5-9-16/h6-7,10,18H,3-5,8-9,11H2,1-2H3,(H,19,20). The van der Waals surface area contributed by atoms with Crippen molar-refractivity contribution in [2.45, 2.75) is 36.9 Å². The molecule has 1 aromatic rings. The summed E-state index contributed by atoms with van der Waals surface area (Å²) < 4.78 is 0.201. The van der Waals surface area contributed by atoms with Crippen LogP contribution in [-0.2, 0) is 0 Å². The molecule has 1 aliphatic rings. The first kappa shape index (κ1) is 16.5. The summed E-state index contributed by atoms with van der Waals surface area (Å²) in [4.78, 5) is 12.5. The van der Waals surface area contributed by atoms with E-state index in [0.717, 1.165) is 12.2 Å². The predicted octanol–water partition coefficient (Wildman–Crippen LogP) is 4.18. The molecule has 2 N–H and O–H groups in total. The zero-order valence-electron chi connectivity index (χ0n) is 12.7. The maximum Gasteiger partial charge on any atom is 0.253 e. The molecule has 0 aromatic heterocycles. The Kier molecular flexibility index (Phi) is 5.82. The van der Waals surface area contributed by atoms with E-state index in [1.54, 1.807) is 12.1 Å². The van der Waals surface area contributed by atoms with Gasteiger partial charge in [0.2, 0.25) is 0 Å². The van der Waals surface area contributed by atoms with Gasteiger partial charge in [0, 0.05) is 29.0 Å². The van der Waals surface area contributed by atoms with Gasteiger partial charge in [-0.2, -0.15) is 11.8 Å². The van der Waals surface area contributed by atoms with Crippen LogP contribution in [0.3, 0.4) is 0 Å². The van der Waals surface area contributed by atoms with E-state index in [-0.39, 0.29) is 10.7 Å². The van der Waals surface area contributed by atoms with Gasteiger partial charge in [0.25, 0.3) is 5.91 Å². The minimum absolute atomic E-state index is 0.0548. The number of nitrogens with one attached hydrogen (secondary N) is 2. The van der Waals surface area contributed by atoms with Gasteiger partial charge < -0.3 is 10.6 Å². The van der Waals surface area contributed by atoms with E-state index in [4.69, 9.17) is 11.6 Å². The largest absolute Gasteiger partial charge is 0.387 e. The number of thioether (sulfide) groups is 1. The van der Waals surface area contributed by atoms with Crippen molar-refractivity contribution in [3.63, 3.8) is 0 Å². The Labute approximate surface area is 136 Å². The molecule has 1 aliphatic carbocycles. The van der Waals surface area contributed by atoms with Gasteiger partial charge in [-0.15, -0.1) is 0 Å². The van der Waals surface area contributed by atoms with E-state index < -0.39 is 0 Å². The van der Waals surface area contributed by atoms with Gasteiger partial charge in [-0.25, -0.2) is 0 Å². The van der Waals surface area contributed by atoms with E-state index >= 15 is 0 Å². The normalized spacial score (nSPS) is 17.3. The summed E-state index contributed by atoms with van der Waals surface area (Å²) in [5.41, 5.74) is 1.41. The van der Waals surface area contributed by atoms with Crippen molar-refractivity contribution < 1.29 is 4.79 Å². The second-order valence-electron chi connectivity index (χ2n) is 5.57. The number of carbonyl (C=O) groups is 1. The van der Waals surface area contributed by atoms with Crippen LogP contribution in [0.5, 0.6) is 0 Å². The third kappa shape index (κ3) is 4.07. The zero-order valence-corrected chi connectivity index (χ0v) is 14.2. The topological polar surface area (TPSA) is 41.1 Å². The molecule has 0 heterocycles. The number of hydrogen-bond donors (Lipinski definition) is 2. The van der Waals surface area contributed by atoms with Crippen molar-refractivity contribution in [1.82, 2.24) is 5.32 Å². The van der Waals surface area contributed by atoms with Crippen molar-refractivity contribution in [2.24, 2.45) is 0 Å². The highest BCUT2D eigenvalue weighted by Gasteiger charge is 2.31. The van der Waals surface area contributed by atoms with E-state index in [1.165, 1.54) is 32.1 Å². The summed E-state index contributed by atoms with van der Waals surface area (Å²) >= 11 is 7.90. The minimum atomic E-state index is -0.0548. The van der Waals surface area contributed by atoms with Gasteiger partial charge in [0.1, 0.15) is 0 Å². The molecular weight excluding hydrogens is 304 g/mol. The van der Waals surface area contributed by atoms with Crippen LogP contribution in [0, 0.1) is 0 Å². The number of rotatable bonds is 5. The molecule has 1 saturated carbocycles. The number of amides is 1. The average molecular weight is 327 g/mol. The van der Waals surface area contributed by atoms with E-state index in [0.29, 0.717) is 10.6 Å². The fraction of sp³-hybridized carbons (Fsp3) is 0.562. The Morgan fingerprint density at radius 2 is 2.05 bits per heavy atom. The van der Waals surface area contributed by atoms with Gasteiger partial charge >= 0.3 is 0 Å². The summed E-state index contributed by atoms with van der Waals surface area (Å²) in [5.74, 6) is -0.0548. The number of benzene rings is 1. The molecular formula is C16H23ClN2OS. The van der Waals surface area contributed by atoms with Crippen molar-refractivity contribution in [3.8, 4) is 0 Å². The molecule has 0 saturated heterocycles. The van der Waals surface area contributed by atoms with Crippen molar-refractivity contribution in [2.75, 3.05) is 25.2 Å². The molecule has 0 aliphatic heterocycles. The van der Waals surface area contributed by atoms with E-state index in [2.05, 4.69) is 16.9 Å². The predicted molar refractivity (Wildman–Crippen MR) is 92.7 cm³/mol. The second kappa shape index (κ2) is 7.41. The zero-order chi connectivity index (χ0) is 15.3. The smallest absolute Gasteiger partial charge is 0.253 e. The highest BCUT2D eigenvalue weighted by atomic mass is 35.5. The van der Waals surface area contributed by atoms with Gasteiger partial charge in [-0.1, -0.05) is 30.9 Å². The number of anilines is 1. The van der Waals surface area contributed by atoms with Gasteiger partial charge in [0.15, 0.2) is 0 Å². The lowest BCUT2D eigenvalue weighted by Crippen LogP contribution is -2.41. The SMILES string of the molecule is CNc1ccc(Cl)cc1C(=O)NCC1(SC)CCCCC1. The number of carbonyl (C=O) groups excluding carboxylic acids is 1. The van der Waals surface area contributed by atoms with E-state index in [9.17, 15) is 4.79 Å². The minimum Gasteiger partial charge on any atom is -0.387 e. The van der Waals surface area contributed by atoms with Crippen LogP contribution in [-0.4, -0.2) is 30.5 Å². The summed E-state index contributed by atoms with van der Waals surface area (Å²) in [6.07, 6.45) is 8.35. The molecule has 2 rings (SSSR count). The molecule has 0 bridgehead atoms. The third-order valence-corrected chi connectivity index (χ3v) is 5.92. The lowest BCUT2D eigenvalue weighted by Gasteiger charge is -2.35. The first-order chi connectivity index (χ1) is 10.1. The summed E-state index contributed by atoms with van der Waals surface area (Å²) in [5, 5.41) is 6.72. The van der Waals surface area contributed by atoms with Gasteiger partial charge in [-0.05, 0) is 37.3 Å². The quantitative estimate of drug-likeness (QED) is 0.853. The molecule has 0 atom stereocenters. The van der Waals surface area contributed by atoms with Crippen LogP contribution in [0.2, 0.25) is 5.02 Å². The highest BCUT2D eigenvalue weighted by molar-refractivity contribution is 8.00. The van der Waals surface area contributed by atoms with Gasteiger partial charge in [0.05, 0.1) is 5.56 Å². The summed E-state index contributed by atoms with van der Waals surface area (Å²) in [7, 11) is 1.81. The van der Waals surface area contributed by atoms with Crippen molar-refractivity contribution in [1.29, 1.82) is 0 Å². The van der Waals surface area contributed by atoms with Gasteiger partial charge in [-0.3, -0.25) is 4.79 Å². The fourth-order valence-corrected chi connectivity index (χ4v) is 3.99. The monoisotopic (exact) mass is 326 g/mol. The Morgan fingerprint density at radius 1 is 1.33 bits per heavy atom.